The molecule has 5 nitrogen and oxygen atoms in total. The van der Waals surface area contributed by atoms with Gasteiger partial charge in [-0.05, 0) is 6.92 Å². The highest BCUT2D eigenvalue weighted by atomic mass is 32.2. The van der Waals surface area contributed by atoms with Gasteiger partial charge in [0.2, 0.25) is 10.0 Å². The van der Waals surface area contributed by atoms with Gasteiger partial charge >= 0.3 is 0 Å². The molecule has 0 saturated carbocycles. The summed E-state index contributed by atoms with van der Waals surface area (Å²) in [6.07, 6.45) is 1.51. The van der Waals surface area contributed by atoms with Gasteiger partial charge in [-0.2, -0.15) is 0 Å². The topological polar surface area (TPSA) is 89.3 Å². The Morgan fingerprint density at radius 2 is 2.14 bits per heavy atom. The highest BCUT2D eigenvalue weighted by Gasteiger charge is 2.16. The van der Waals surface area contributed by atoms with Crippen molar-refractivity contribution in [1.82, 2.24) is 4.72 Å². The van der Waals surface area contributed by atoms with Crippen molar-refractivity contribution < 1.29 is 12.6 Å². The molecule has 0 heterocycles. The van der Waals surface area contributed by atoms with Gasteiger partial charge in [0.05, 0.1) is 4.99 Å². The predicted molar refractivity (Wildman–Crippen MR) is 62.1 cm³/mol. The lowest BCUT2D eigenvalue weighted by Crippen LogP contribution is -2.40. The van der Waals surface area contributed by atoms with E-state index in [1.54, 1.807) is 6.92 Å². The second-order valence-corrected chi connectivity index (χ2v) is 6.74. The molecule has 0 fully saturated rings. The average Bonchev–Trinajstić information content (AvgIpc) is 1.77. The van der Waals surface area contributed by atoms with Crippen molar-refractivity contribution in [3.05, 3.63) is 0 Å². The van der Waals surface area contributed by atoms with Gasteiger partial charge in [-0.15, -0.1) is 0 Å². The molecule has 84 valence electrons. The Bertz CT molecular complexity index is 325. The summed E-state index contributed by atoms with van der Waals surface area (Å²) < 4.78 is 35.6. The van der Waals surface area contributed by atoms with Crippen molar-refractivity contribution in [2.24, 2.45) is 5.73 Å². The lowest BCUT2D eigenvalue weighted by Gasteiger charge is -2.11. The molecule has 3 N–H and O–H groups in total. The van der Waals surface area contributed by atoms with Gasteiger partial charge in [0.15, 0.2) is 0 Å². The predicted octanol–water partition coefficient (Wildman–Crippen LogP) is -1.04. The Kier molecular flexibility index (Phi) is 5.72. The van der Waals surface area contributed by atoms with Crippen LogP contribution in [0.25, 0.3) is 0 Å². The van der Waals surface area contributed by atoms with Crippen LogP contribution in [0.2, 0.25) is 0 Å². The fourth-order valence-electron chi connectivity index (χ4n) is 0.922. The van der Waals surface area contributed by atoms with Crippen molar-refractivity contribution in [3.8, 4) is 0 Å². The summed E-state index contributed by atoms with van der Waals surface area (Å²) in [7, 11) is -4.51. The third kappa shape index (κ3) is 7.36. The van der Waals surface area contributed by atoms with E-state index in [0.29, 0.717) is 0 Å². The number of thiocarbonyl (C=S) groups is 1. The quantitative estimate of drug-likeness (QED) is 0.594. The molecular weight excluding hydrogens is 244 g/mol. The Hall–Kier alpha value is -0.0500. The summed E-state index contributed by atoms with van der Waals surface area (Å²) in [5, 5.41) is 0. The van der Waals surface area contributed by atoms with Crippen LogP contribution in [0.5, 0.6) is 0 Å². The first-order chi connectivity index (χ1) is 6.23. The van der Waals surface area contributed by atoms with E-state index in [2.05, 4.69) is 16.9 Å². The fraction of sp³-hybridized carbons (Fsp3) is 0.833. The first-order valence-electron chi connectivity index (χ1n) is 3.81. The minimum atomic E-state index is -3.48. The standard InChI is InChI=1S/C6H14N2O3S3/c1-5(3-13(2)9)8-14(10,11)4-6(7)12/h5,8H,3-4H2,1-2H3,(H2,7,12). The van der Waals surface area contributed by atoms with Crippen LogP contribution in [-0.4, -0.2) is 41.4 Å². The first-order valence-corrected chi connectivity index (χ1v) is 7.60. The van der Waals surface area contributed by atoms with Gasteiger partial charge in [-0.1, -0.05) is 12.2 Å². The van der Waals surface area contributed by atoms with E-state index in [1.165, 1.54) is 6.26 Å². The number of nitrogens with two attached hydrogens (primary N) is 1. The second-order valence-electron chi connectivity index (χ2n) is 2.98. The van der Waals surface area contributed by atoms with E-state index >= 15 is 0 Å². The number of rotatable bonds is 6. The molecule has 0 aliphatic rings. The van der Waals surface area contributed by atoms with E-state index in [0.717, 1.165) is 0 Å². The highest BCUT2D eigenvalue weighted by molar-refractivity contribution is 7.92. The Labute approximate surface area is 91.9 Å². The minimum Gasteiger partial charge on any atom is -0.392 e. The van der Waals surface area contributed by atoms with Crippen molar-refractivity contribution >= 4 is 38.0 Å². The highest BCUT2D eigenvalue weighted by Crippen LogP contribution is 1.92. The summed E-state index contributed by atoms with van der Waals surface area (Å²) in [6.45, 7) is 1.64. The number of sulfonamides is 1. The number of nitrogens with one attached hydrogen (secondary N) is 1. The van der Waals surface area contributed by atoms with Crippen LogP contribution < -0.4 is 10.5 Å². The molecule has 0 aliphatic carbocycles. The molecule has 8 heteroatoms. The maximum absolute atomic E-state index is 11.3. The molecule has 0 radical (unpaired) electrons. The molecule has 0 aromatic rings. The van der Waals surface area contributed by atoms with Crippen LogP contribution in [0.15, 0.2) is 0 Å². The molecular formula is C6H14N2O3S3. The lowest BCUT2D eigenvalue weighted by atomic mass is 10.4. The molecule has 0 aliphatic heterocycles. The number of hydrogen-bond acceptors (Lipinski definition) is 4. The Morgan fingerprint density at radius 3 is 2.50 bits per heavy atom. The maximum Gasteiger partial charge on any atom is 0.218 e. The van der Waals surface area contributed by atoms with Crippen LogP contribution in [0, 0.1) is 0 Å². The summed E-state index contributed by atoms with van der Waals surface area (Å²) in [6, 6.07) is -0.375. The zero-order valence-corrected chi connectivity index (χ0v) is 10.5. The maximum atomic E-state index is 11.3. The largest absolute Gasteiger partial charge is 0.392 e. The monoisotopic (exact) mass is 258 g/mol. The van der Waals surface area contributed by atoms with Gasteiger partial charge in [-0.3, -0.25) is 4.21 Å². The van der Waals surface area contributed by atoms with E-state index in [9.17, 15) is 12.6 Å². The minimum absolute atomic E-state index is 0.0812. The molecule has 0 amide bonds. The summed E-state index contributed by atoms with van der Waals surface area (Å²) in [4.78, 5) is -0.0812. The van der Waals surface area contributed by atoms with Crippen LogP contribution >= 0.6 is 12.2 Å². The second kappa shape index (κ2) is 5.74. The SMILES string of the molecule is CC(CS(C)=O)NS(=O)(=O)CC(N)=S. The van der Waals surface area contributed by atoms with Crippen molar-refractivity contribution in [3.63, 3.8) is 0 Å². The van der Waals surface area contributed by atoms with Crippen molar-refractivity contribution in [2.45, 2.75) is 13.0 Å². The third-order valence-electron chi connectivity index (χ3n) is 1.20. The van der Waals surface area contributed by atoms with Gasteiger partial charge in [-0.25, -0.2) is 13.1 Å². The Balaban J connectivity index is 4.22. The first kappa shape index (κ1) is 13.9. The smallest absolute Gasteiger partial charge is 0.218 e. The summed E-state index contributed by atoms with van der Waals surface area (Å²) in [5.74, 6) is -0.0976. The fourth-order valence-corrected chi connectivity index (χ4v) is 3.43. The van der Waals surface area contributed by atoms with Gasteiger partial charge in [0, 0.05) is 28.9 Å². The number of hydrogen-bond donors (Lipinski definition) is 2. The average molecular weight is 258 g/mol. The molecule has 2 unspecified atom stereocenters. The van der Waals surface area contributed by atoms with Gasteiger partial charge in [0.1, 0.15) is 5.75 Å². The molecule has 2 atom stereocenters. The zero-order valence-electron chi connectivity index (χ0n) is 8.02. The molecule has 0 bridgehead atoms. The van der Waals surface area contributed by atoms with Crippen LogP contribution in [0.1, 0.15) is 6.92 Å². The third-order valence-corrected chi connectivity index (χ3v) is 3.95. The summed E-state index contributed by atoms with van der Waals surface area (Å²) in [5.41, 5.74) is 5.11. The van der Waals surface area contributed by atoms with E-state index in [4.69, 9.17) is 5.73 Å². The van der Waals surface area contributed by atoms with E-state index in [-0.39, 0.29) is 22.5 Å². The summed E-state index contributed by atoms with van der Waals surface area (Å²) >= 11 is 4.48. The van der Waals surface area contributed by atoms with Crippen molar-refractivity contribution in [2.75, 3.05) is 17.8 Å². The van der Waals surface area contributed by atoms with E-state index < -0.39 is 20.8 Å². The molecule has 0 saturated heterocycles. The molecule has 0 rings (SSSR count). The van der Waals surface area contributed by atoms with Crippen LogP contribution in [0.4, 0.5) is 0 Å². The van der Waals surface area contributed by atoms with Crippen LogP contribution in [-0.2, 0) is 20.8 Å². The lowest BCUT2D eigenvalue weighted by molar-refractivity contribution is 0.574. The molecule has 14 heavy (non-hydrogen) atoms. The molecule has 0 spiro atoms. The Morgan fingerprint density at radius 1 is 1.64 bits per heavy atom. The zero-order chi connectivity index (χ0) is 11.4. The molecule has 0 aromatic heterocycles. The van der Waals surface area contributed by atoms with Crippen LogP contribution in [0.3, 0.4) is 0 Å². The van der Waals surface area contributed by atoms with Gasteiger partial charge < -0.3 is 5.73 Å². The van der Waals surface area contributed by atoms with E-state index in [1.807, 2.05) is 0 Å². The molecule has 0 aromatic carbocycles. The normalized spacial score (nSPS) is 16.1. The van der Waals surface area contributed by atoms with Crippen molar-refractivity contribution in [1.29, 1.82) is 0 Å². The van der Waals surface area contributed by atoms with Gasteiger partial charge in [0.25, 0.3) is 0 Å².